The van der Waals surface area contributed by atoms with Gasteiger partial charge in [0.2, 0.25) is 5.91 Å². The van der Waals surface area contributed by atoms with E-state index in [0.717, 1.165) is 63.9 Å². The van der Waals surface area contributed by atoms with E-state index >= 15 is 0 Å². The number of carbonyl (C=O) groups excluding carboxylic acids is 3. The molecule has 3 aliphatic heterocycles. The molecule has 3 aliphatic rings. The van der Waals surface area contributed by atoms with Gasteiger partial charge in [-0.05, 0) is 67.3 Å². The van der Waals surface area contributed by atoms with Crippen molar-refractivity contribution in [2.24, 2.45) is 4.99 Å². The first-order valence-corrected chi connectivity index (χ1v) is 21.4. The molecule has 2 aromatic rings. The Balaban J connectivity index is 0.00000191. The van der Waals surface area contributed by atoms with Crippen molar-refractivity contribution in [2.45, 2.75) is 84.1 Å². The smallest absolute Gasteiger partial charge is 0.748 e. The Bertz CT molecular complexity index is 2270. The van der Waals surface area contributed by atoms with E-state index in [0.29, 0.717) is 18.0 Å². The van der Waals surface area contributed by atoms with Crippen molar-refractivity contribution in [1.82, 2.24) is 10.2 Å². The summed E-state index contributed by atoms with van der Waals surface area (Å²) in [6, 6.07) is 10.8. The zero-order valence-electron chi connectivity index (χ0n) is 34.6. The van der Waals surface area contributed by atoms with Crippen LogP contribution in [0.1, 0.15) is 77.8 Å². The van der Waals surface area contributed by atoms with Gasteiger partial charge < -0.3 is 14.8 Å². The number of nitrogens with one attached hydrogen (secondary N) is 1. The third-order valence-corrected chi connectivity index (χ3v) is 11.0. The van der Waals surface area contributed by atoms with E-state index in [2.05, 4.69) is 50.6 Å². The molecule has 0 aliphatic carbocycles. The number of nitrogens with zero attached hydrogens (tertiary/aromatic N) is 4. The molecule has 0 fully saturated rings. The maximum atomic E-state index is 13.0. The number of pyridine rings is 1. The number of imide groups is 1. The van der Waals surface area contributed by atoms with Crippen LogP contribution in [0.5, 0.6) is 0 Å². The van der Waals surface area contributed by atoms with Gasteiger partial charge in [-0.3, -0.25) is 19.3 Å². The van der Waals surface area contributed by atoms with Crippen LogP contribution in [-0.4, -0.2) is 79.3 Å². The van der Waals surface area contributed by atoms with E-state index in [1.54, 1.807) is 0 Å². The molecule has 0 saturated carbocycles. The third-order valence-electron chi connectivity index (χ3n) is 9.99. The number of rotatable bonds is 16. The Morgan fingerprint density at radius 1 is 1.02 bits per heavy atom. The number of halogens is 1. The number of carbonyl (C=O) groups is 3. The fourth-order valence-corrected chi connectivity index (χ4v) is 7.64. The Kier molecular flexibility index (Phi) is 20.3. The van der Waals surface area contributed by atoms with Gasteiger partial charge in [-0.1, -0.05) is 56.6 Å². The minimum Gasteiger partial charge on any atom is -0.748 e. The number of amides is 3. The average Bonchev–Trinajstić information content (AvgIpc) is 3.66. The molecular formula is C40H47ClN5Na2O9S2+. The Morgan fingerprint density at radius 2 is 1.68 bits per heavy atom. The normalized spacial score (nSPS) is 16.9. The first-order valence-electron chi connectivity index (χ1n) is 18.5. The van der Waals surface area contributed by atoms with Crippen molar-refractivity contribution in [1.29, 1.82) is 0 Å². The largest absolute Gasteiger partial charge is 1.00 e. The van der Waals surface area contributed by atoms with Crippen LogP contribution < -0.4 is 73.9 Å². The van der Waals surface area contributed by atoms with Crippen molar-refractivity contribution in [2.75, 3.05) is 30.3 Å². The number of anilines is 1. The number of aliphatic imine (C=N–C) groups is 1. The van der Waals surface area contributed by atoms with E-state index in [4.69, 9.17) is 29.2 Å². The summed E-state index contributed by atoms with van der Waals surface area (Å²) in [4.78, 5) is 45.0. The van der Waals surface area contributed by atoms with E-state index in [1.165, 1.54) is 12.2 Å². The maximum Gasteiger partial charge on any atom is 1.00 e. The molecule has 1 aromatic carbocycles. The maximum absolute atomic E-state index is 13.0. The summed E-state index contributed by atoms with van der Waals surface area (Å²) in [5.74, 6) is -0.618. The first-order chi connectivity index (χ1) is 26.8. The second-order valence-electron chi connectivity index (χ2n) is 14.7. The SMILES string of the molecule is CCCC[n+]1cc(Cl)cc2c1N=C(/C=C/C(=C/C=C1/N(CCCS(=O)(=O)[O-])c3cc[c-]cc3C1(C)C)CCC(=O)NCCN1C(=O)C=CC1=O)C2(C)C.O=S(=O)=O.[Na+].[Na+]. The molecule has 59 heavy (non-hydrogen) atoms. The van der Waals surface area contributed by atoms with Crippen LogP contribution >= 0.6 is 11.6 Å². The van der Waals surface area contributed by atoms with Crippen LogP contribution in [0.3, 0.4) is 0 Å². The third kappa shape index (κ3) is 14.1. The van der Waals surface area contributed by atoms with Crippen LogP contribution in [0.15, 0.2) is 83.2 Å². The molecule has 0 radical (unpaired) electrons. The minimum absolute atomic E-state index is 0. The molecule has 0 spiro atoms. The van der Waals surface area contributed by atoms with E-state index in [-0.39, 0.29) is 91.0 Å². The molecule has 3 amide bonds. The van der Waals surface area contributed by atoms with Crippen LogP contribution in [0, 0.1) is 6.07 Å². The number of aromatic nitrogens is 1. The molecular weight excluding hydrogens is 840 g/mol. The molecule has 1 N–H and O–H groups in total. The summed E-state index contributed by atoms with van der Waals surface area (Å²) in [6.45, 7) is 11.9. The number of aryl methyl sites for hydroxylation is 1. The van der Waals surface area contributed by atoms with Crippen LogP contribution in [0.25, 0.3) is 0 Å². The van der Waals surface area contributed by atoms with E-state index < -0.39 is 49.1 Å². The van der Waals surface area contributed by atoms with Crippen LogP contribution in [-0.2, 0) is 52.5 Å². The quantitative estimate of drug-likeness (QED) is 0.0519. The van der Waals surface area contributed by atoms with Crippen LogP contribution in [0.4, 0.5) is 11.5 Å². The van der Waals surface area contributed by atoms with Gasteiger partial charge in [0.15, 0.2) is 5.71 Å². The molecule has 19 heteroatoms. The molecule has 4 heterocycles. The Morgan fingerprint density at radius 3 is 2.31 bits per heavy atom. The van der Waals surface area contributed by atoms with Crippen molar-refractivity contribution in [3.05, 3.63) is 100 Å². The average molecular weight is 887 g/mol. The number of fused-ring (bicyclic) bond motifs is 2. The number of hydrogen-bond donors (Lipinski definition) is 1. The van der Waals surface area contributed by atoms with Gasteiger partial charge in [0.25, 0.3) is 11.8 Å². The number of allylic oxidation sites excluding steroid dienone is 6. The van der Waals surface area contributed by atoms with E-state index in [9.17, 15) is 27.4 Å². The second-order valence-corrected chi connectivity index (χ2v) is 17.1. The van der Waals surface area contributed by atoms with Gasteiger partial charge >= 0.3 is 75.5 Å². The van der Waals surface area contributed by atoms with Crippen molar-refractivity contribution in [3.8, 4) is 0 Å². The molecule has 1 aromatic heterocycles. The summed E-state index contributed by atoms with van der Waals surface area (Å²) in [6.07, 6.45) is 15.0. The molecule has 0 bridgehead atoms. The molecule has 306 valence electrons. The van der Waals surface area contributed by atoms with Crippen molar-refractivity contribution in [3.63, 3.8) is 0 Å². The van der Waals surface area contributed by atoms with Gasteiger partial charge in [0.1, 0.15) is 6.20 Å². The fraction of sp³-hybridized carbons (Fsp3) is 0.425. The minimum atomic E-state index is -4.37. The predicted molar refractivity (Wildman–Crippen MR) is 215 cm³/mol. The topological polar surface area (TPSA) is 194 Å². The zero-order chi connectivity index (χ0) is 42.1. The predicted octanol–water partition coefficient (Wildman–Crippen LogP) is -1.48. The van der Waals surface area contributed by atoms with E-state index in [1.807, 2.05) is 59.7 Å². The molecule has 0 saturated heterocycles. The number of benzene rings is 1. The molecule has 0 atom stereocenters. The number of hydrogen-bond acceptors (Lipinski definition) is 11. The monoisotopic (exact) mass is 886 g/mol. The molecule has 5 rings (SSSR count). The first kappa shape index (κ1) is 52.4. The van der Waals surface area contributed by atoms with Gasteiger partial charge in [-0.2, -0.15) is 18.2 Å². The van der Waals surface area contributed by atoms with Gasteiger partial charge in [0, 0.05) is 49.7 Å². The Hall–Kier alpha value is -2.77. The summed E-state index contributed by atoms with van der Waals surface area (Å²) < 4.78 is 61.8. The van der Waals surface area contributed by atoms with Crippen molar-refractivity contribution >= 4 is 67.3 Å². The number of unbranched alkanes of at least 4 members (excludes halogenated alkanes) is 1. The van der Waals surface area contributed by atoms with Gasteiger partial charge in [-0.15, -0.1) is 24.3 Å². The second kappa shape index (κ2) is 22.9. The Labute approximate surface area is 397 Å². The molecule has 0 unspecified atom stereocenters. The summed E-state index contributed by atoms with van der Waals surface area (Å²) >= 11 is 6.56. The van der Waals surface area contributed by atoms with Gasteiger partial charge in [-0.25, -0.2) is 13.0 Å². The zero-order valence-corrected chi connectivity index (χ0v) is 41.0. The summed E-state index contributed by atoms with van der Waals surface area (Å²) in [5.41, 5.74) is 4.70. The van der Waals surface area contributed by atoms with Gasteiger partial charge in [0.05, 0.1) is 32.7 Å². The standard InChI is InChI=1S/C40H48ClN5O6S.2Na.O3S/c1-6-7-22-44-27-29(41)26-31-38(44)43-33(39(31,2)3)16-13-28(15-18-35(47)42-21-24-46-36(48)19-20-37(46)49)14-17-34-40(4,5)30-11-8-9-12-32(30)45(34)23-10-25-53(50,51)52;;;1-4(2)3/h9,11-14,16-17,19-20,26-27H,6-7,10,15,18,21-25H2,1-5H3,(H,42,47)(H,50,51,52);;;/q;2*+1;/p-1. The summed E-state index contributed by atoms with van der Waals surface area (Å²) in [7, 11) is -7.48. The summed E-state index contributed by atoms with van der Waals surface area (Å²) in [5, 5.41) is 3.47. The van der Waals surface area contributed by atoms with Crippen LogP contribution in [0.2, 0.25) is 5.02 Å². The fourth-order valence-electron chi connectivity index (χ4n) is 6.93. The molecule has 14 nitrogen and oxygen atoms in total. The van der Waals surface area contributed by atoms with Crippen molar-refractivity contribution < 1.29 is 104 Å².